The summed E-state index contributed by atoms with van der Waals surface area (Å²) in [6, 6.07) is 2.71. The van der Waals surface area contributed by atoms with Crippen molar-refractivity contribution in [2.75, 3.05) is 0 Å². The Kier molecular flexibility index (Phi) is 4.48. The van der Waals surface area contributed by atoms with Gasteiger partial charge in [0.1, 0.15) is 5.01 Å². The molecule has 2 aromatic rings. The van der Waals surface area contributed by atoms with Gasteiger partial charge in [0, 0.05) is 23.8 Å². The van der Waals surface area contributed by atoms with Crippen LogP contribution in [0, 0.1) is 6.92 Å². The van der Waals surface area contributed by atoms with E-state index >= 15 is 0 Å². The van der Waals surface area contributed by atoms with Crippen LogP contribution in [0.2, 0.25) is 0 Å². The number of sulfonamides is 1. The Morgan fingerprint density at radius 2 is 2.10 bits per heavy atom. The molecule has 2 aromatic heterocycles. The monoisotopic (exact) mass is 312 g/mol. The molecule has 8 heteroatoms. The number of thiazole rings is 1. The molecule has 0 amide bonds. The van der Waals surface area contributed by atoms with E-state index in [1.807, 2.05) is 6.92 Å². The van der Waals surface area contributed by atoms with Crippen molar-refractivity contribution in [1.82, 2.24) is 14.7 Å². The second-order valence-corrected chi connectivity index (χ2v) is 7.29. The van der Waals surface area contributed by atoms with Crippen molar-refractivity contribution in [2.45, 2.75) is 31.5 Å². The van der Waals surface area contributed by atoms with Crippen LogP contribution in [0.1, 0.15) is 28.4 Å². The topological polar surface area (TPSA) is 98.0 Å². The minimum atomic E-state index is -3.66. The molecule has 2 heterocycles. The van der Waals surface area contributed by atoms with Gasteiger partial charge in [0.2, 0.25) is 0 Å². The number of nitrogens with zero attached hydrogens (tertiary/aromatic N) is 2. The highest BCUT2D eigenvalue weighted by Crippen LogP contribution is 2.20. The Morgan fingerprint density at radius 1 is 1.35 bits per heavy atom. The Bertz CT molecular complexity index is 680. The lowest BCUT2D eigenvalue weighted by atomic mass is 10.3. The summed E-state index contributed by atoms with van der Waals surface area (Å²) in [5.41, 5.74) is 6.24. The minimum absolute atomic E-state index is 0.0187. The van der Waals surface area contributed by atoms with Crippen LogP contribution in [-0.4, -0.2) is 18.4 Å². The van der Waals surface area contributed by atoms with Crippen LogP contribution in [0.4, 0.5) is 0 Å². The summed E-state index contributed by atoms with van der Waals surface area (Å²) in [4.78, 5) is 9.14. The molecule has 0 saturated heterocycles. The van der Waals surface area contributed by atoms with Crippen molar-refractivity contribution in [3.8, 4) is 0 Å². The van der Waals surface area contributed by atoms with Gasteiger partial charge >= 0.3 is 0 Å². The van der Waals surface area contributed by atoms with Crippen molar-refractivity contribution < 1.29 is 8.42 Å². The largest absolute Gasteiger partial charge is 0.326 e. The van der Waals surface area contributed by atoms with Gasteiger partial charge in [-0.25, -0.2) is 23.1 Å². The molecule has 0 aliphatic carbocycles. The van der Waals surface area contributed by atoms with Crippen molar-refractivity contribution in [3.05, 3.63) is 40.0 Å². The second kappa shape index (κ2) is 5.96. The van der Waals surface area contributed by atoms with Crippen LogP contribution in [0.3, 0.4) is 0 Å². The van der Waals surface area contributed by atoms with Gasteiger partial charge in [0.25, 0.3) is 10.0 Å². The molecule has 0 aliphatic heterocycles. The molecule has 6 nitrogen and oxygen atoms in total. The van der Waals surface area contributed by atoms with E-state index in [2.05, 4.69) is 14.7 Å². The third kappa shape index (κ3) is 3.40. The number of nitrogens with one attached hydrogen (secondary N) is 1. The molecule has 1 unspecified atom stereocenters. The normalized spacial score (nSPS) is 13.3. The Morgan fingerprint density at radius 3 is 2.60 bits per heavy atom. The molecule has 0 saturated carbocycles. The zero-order valence-electron chi connectivity index (χ0n) is 11.2. The standard InChI is InChI=1S/C12H16N4O2S2/c1-8-6-15-12(19-8)9(2)16-20(17,18)11-4-3-10(5-13)7-14-11/h3-4,6-7,9,16H,5,13H2,1-2H3. The van der Waals surface area contributed by atoms with Crippen LogP contribution in [0.25, 0.3) is 0 Å². The molecule has 0 fully saturated rings. The van der Waals surface area contributed by atoms with Crippen molar-refractivity contribution in [2.24, 2.45) is 5.73 Å². The number of hydrogen-bond donors (Lipinski definition) is 2. The van der Waals surface area contributed by atoms with Gasteiger partial charge in [-0.1, -0.05) is 6.07 Å². The second-order valence-electron chi connectivity index (χ2n) is 4.36. The lowest BCUT2D eigenvalue weighted by molar-refractivity contribution is 0.562. The predicted octanol–water partition coefficient (Wildman–Crippen LogP) is 1.34. The van der Waals surface area contributed by atoms with Gasteiger partial charge in [0.05, 0.1) is 6.04 Å². The maximum atomic E-state index is 12.2. The molecule has 1 atom stereocenters. The lowest BCUT2D eigenvalue weighted by Gasteiger charge is -2.11. The summed E-state index contributed by atoms with van der Waals surface area (Å²) in [5.74, 6) is 0. The van der Waals surface area contributed by atoms with Gasteiger partial charge in [0.15, 0.2) is 5.03 Å². The van der Waals surface area contributed by atoms with Crippen LogP contribution >= 0.6 is 11.3 Å². The first kappa shape index (κ1) is 15.0. The summed E-state index contributed by atoms with van der Waals surface area (Å²) < 4.78 is 27.0. The highest BCUT2D eigenvalue weighted by atomic mass is 32.2. The van der Waals surface area contributed by atoms with E-state index in [0.717, 1.165) is 15.4 Å². The van der Waals surface area contributed by atoms with E-state index in [1.165, 1.54) is 23.6 Å². The number of aryl methyl sites for hydroxylation is 1. The lowest BCUT2D eigenvalue weighted by Crippen LogP contribution is -2.27. The van der Waals surface area contributed by atoms with Gasteiger partial charge in [-0.15, -0.1) is 11.3 Å². The van der Waals surface area contributed by atoms with E-state index in [4.69, 9.17) is 5.73 Å². The SMILES string of the molecule is Cc1cnc(C(C)NS(=O)(=O)c2ccc(CN)cn2)s1. The van der Waals surface area contributed by atoms with Crippen LogP contribution in [0.15, 0.2) is 29.6 Å². The molecule has 0 spiro atoms. The quantitative estimate of drug-likeness (QED) is 0.868. The van der Waals surface area contributed by atoms with E-state index in [0.29, 0.717) is 6.54 Å². The van der Waals surface area contributed by atoms with Gasteiger partial charge in [-0.2, -0.15) is 0 Å². The smallest absolute Gasteiger partial charge is 0.258 e. The van der Waals surface area contributed by atoms with E-state index in [-0.39, 0.29) is 5.03 Å². The molecule has 2 rings (SSSR count). The summed E-state index contributed by atoms with van der Waals surface area (Å²) in [6.07, 6.45) is 3.19. The van der Waals surface area contributed by atoms with E-state index in [9.17, 15) is 8.42 Å². The average molecular weight is 312 g/mol. The van der Waals surface area contributed by atoms with Crippen LogP contribution < -0.4 is 10.5 Å². The molecule has 3 N–H and O–H groups in total. The van der Waals surface area contributed by atoms with E-state index in [1.54, 1.807) is 19.2 Å². The van der Waals surface area contributed by atoms with Crippen molar-refractivity contribution >= 4 is 21.4 Å². The molecule has 0 aromatic carbocycles. The number of pyridine rings is 1. The highest BCUT2D eigenvalue weighted by molar-refractivity contribution is 7.89. The zero-order valence-corrected chi connectivity index (χ0v) is 12.8. The fourth-order valence-electron chi connectivity index (χ4n) is 1.61. The third-order valence-electron chi connectivity index (χ3n) is 2.65. The number of aromatic nitrogens is 2. The van der Waals surface area contributed by atoms with Crippen LogP contribution in [0.5, 0.6) is 0 Å². The fourth-order valence-corrected chi connectivity index (χ4v) is 3.59. The summed E-state index contributed by atoms with van der Waals surface area (Å²) in [6.45, 7) is 4.01. The number of hydrogen-bond acceptors (Lipinski definition) is 6. The van der Waals surface area contributed by atoms with Crippen molar-refractivity contribution in [1.29, 1.82) is 0 Å². The highest BCUT2D eigenvalue weighted by Gasteiger charge is 2.21. The maximum absolute atomic E-state index is 12.2. The Labute approximate surface area is 122 Å². The average Bonchev–Trinajstić information content (AvgIpc) is 2.85. The molecule has 20 heavy (non-hydrogen) atoms. The Hall–Kier alpha value is -1.35. The first-order valence-electron chi connectivity index (χ1n) is 6.02. The summed E-state index contributed by atoms with van der Waals surface area (Å²) in [7, 11) is -3.66. The summed E-state index contributed by atoms with van der Waals surface area (Å²) in [5, 5.41) is 0.708. The number of rotatable bonds is 5. The molecule has 0 aliphatic rings. The molecular weight excluding hydrogens is 296 g/mol. The molecular formula is C12H16N4O2S2. The predicted molar refractivity (Wildman–Crippen MR) is 77.7 cm³/mol. The van der Waals surface area contributed by atoms with Gasteiger partial charge < -0.3 is 5.73 Å². The van der Waals surface area contributed by atoms with Crippen molar-refractivity contribution in [3.63, 3.8) is 0 Å². The van der Waals surface area contributed by atoms with E-state index < -0.39 is 16.1 Å². The van der Waals surface area contributed by atoms with Gasteiger partial charge in [-0.3, -0.25) is 0 Å². The Balaban J connectivity index is 2.17. The molecule has 108 valence electrons. The number of nitrogens with two attached hydrogens (primary N) is 1. The first-order chi connectivity index (χ1) is 9.42. The summed E-state index contributed by atoms with van der Waals surface area (Å²) >= 11 is 1.46. The maximum Gasteiger partial charge on any atom is 0.258 e. The van der Waals surface area contributed by atoms with Crippen LogP contribution in [-0.2, 0) is 16.6 Å². The minimum Gasteiger partial charge on any atom is -0.326 e. The molecule has 0 radical (unpaired) electrons. The van der Waals surface area contributed by atoms with Gasteiger partial charge in [-0.05, 0) is 25.5 Å². The fraction of sp³-hybridized carbons (Fsp3) is 0.333. The third-order valence-corrected chi connectivity index (χ3v) is 5.20. The zero-order chi connectivity index (χ0) is 14.8. The molecule has 0 bridgehead atoms. The first-order valence-corrected chi connectivity index (χ1v) is 8.32.